The van der Waals surface area contributed by atoms with Crippen molar-refractivity contribution in [1.82, 2.24) is 5.32 Å². The summed E-state index contributed by atoms with van der Waals surface area (Å²) in [7, 11) is 0. The van der Waals surface area contributed by atoms with Gasteiger partial charge in [0.05, 0.1) is 5.56 Å². The smallest absolute Gasteiger partial charge is 0.221 e. The molecule has 2 aromatic carbocycles. The van der Waals surface area contributed by atoms with Gasteiger partial charge in [-0.2, -0.15) is 0 Å². The Morgan fingerprint density at radius 1 is 1.00 bits per heavy atom. The molecule has 158 valence electrons. The number of carbonyl (C=O) groups excluding carboxylic acids is 3. The number of unbranched alkanes of at least 4 members (excludes halogenated alkanes) is 3. The van der Waals surface area contributed by atoms with Gasteiger partial charge in [0, 0.05) is 17.7 Å². The molecular formula is C25H30N2O3. The van der Waals surface area contributed by atoms with E-state index in [1.807, 2.05) is 12.1 Å². The number of amides is 1. The van der Waals surface area contributed by atoms with E-state index in [1.54, 1.807) is 30.3 Å². The fourth-order valence-electron chi connectivity index (χ4n) is 4.06. The largest absolute Gasteiger partial charge is 0.398 e. The van der Waals surface area contributed by atoms with Crippen molar-refractivity contribution in [3.05, 3.63) is 64.7 Å². The number of benzene rings is 2. The van der Waals surface area contributed by atoms with E-state index in [4.69, 9.17) is 5.73 Å². The van der Waals surface area contributed by atoms with E-state index in [0.717, 1.165) is 31.2 Å². The predicted molar refractivity (Wildman–Crippen MR) is 119 cm³/mol. The Hall–Kier alpha value is -2.95. The van der Waals surface area contributed by atoms with Gasteiger partial charge < -0.3 is 11.1 Å². The first-order chi connectivity index (χ1) is 14.3. The summed E-state index contributed by atoms with van der Waals surface area (Å²) in [6.45, 7) is 6.25. The van der Waals surface area contributed by atoms with Gasteiger partial charge >= 0.3 is 0 Å². The topological polar surface area (TPSA) is 89.3 Å². The Balaban J connectivity index is 2.02. The van der Waals surface area contributed by atoms with Gasteiger partial charge in [0.2, 0.25) is 17.5 Å². The van der Waals surface area contributed by atoms with Crippen LogP contribution >= 0.6 is 0 Å². The number of hydrogen-bond donors (Lipinski definition) is 2. The van der Waals surface area contributed by atoms with Crippen molar-refractivity contribution in [2.24, 2.45) is 0 Å². The lowest BCUT2D eigenvalue weighted by atomic mass is 9.83. The Labute approximate surface area is 178 Å². The first-order valence-electron chi connectivity index (χ1n) is 10.7. The maximum absolute atomic E-state index is 13.6. The maximum Gasteiger partial charge on any atom is 0.221 e. The van der Waals surface area contributed by atoms with Crippen LogP contribution in [0.1, 0.15) is 90.6 Å². The molecule has 2 aromatic rings. The molecule has 1 aliphatic carbocycles. The van der Waals surface area contributed by atoms with E-state index in [2.05, 4.69) is 26.1 Å². The number of nitrogen functional groups attached to an aromatic ring is 1. The molecule has 5 heteroatoms. The minimum atomic E-state index is -1.75. The van der Waals surface area contributed by atoms with Crippen molar-refractivity contribution < 1.29 is 14.4 Å². The van der Waals surface area contributed by atoms with E-state index in [9.17, 15) is 14.4 Å². The van der Waals surface area contributed by atoms with Crippen molar-refractivity contribution >= 4 is 23.2 Å². The van der Waals surface area contributed by atoms with E-state index in [0.29, 0.717) is 11.5 Å². The van der Waals surface area contributed by atoms with Crippen LogP contribution in [0.25, 0.3) is 0 Å². The third-order valence-corrected chi connectivity index (χ3v) is 5.84. The molecule has 0 fully saturated rings. The van der Waals surface area contributed by atoms with Crippen molar-refractivity contribution in [3.63, 3.8) is 0 Å². The van der Waals surface area contributed by atoms with E-state index >= 15 is 0 Å². The van der Waals surface area contributed by atoms with Crippen molar-refractivity contribution in [2.75, 3.05) is 5.73 Å². The average Bonchev–Trinajstić information content (AvgIpc) is 2.94. The number of anilines is 1. The first-order valence-corrected chi connectivity index (χ1v) is 10.7. The van der Waals surface area contributed by atoms with Crippen molar-refractivity contribution in [1.29, 1.82) is 0 Å². The Bertz CT molecular complexity index is 963. The fraction of sp³-hybridized carbons (Fsp3) is 0.400. The molecule has 5 nitrogen and oxygen atoms in total. The van der Waals surface area contributed by atoms with E-state index in [1.165, 1.54) is 0 Å². The molecule has 0 bridgehead atoms. The highest BCUT2D eigenvalue weighted by Gasteiger charge is 2.56. The third-order valence-electron chi connectivity index (χ3n) is 5.84. The molecule has 0 radical (unpaired) electrons. The Morgan fingerprint density at radius 3 is 2.30 bits per heavy atom. The predicted octanol–water partition coefficient (Wildman–Crippen LogP) is 4.75. The average molecular weight is 407 g/mol. The van der Waals surface area contributed by atoms with Gasteiger partial charge in [0.15, 0.2) is 5.54 Å². The van der Waals surface area contributed by atoms with Crippen molar-refractivity contribution in [3.8, 4) is 0 Å². The lowest BCUT2D eigenvalue weighted by Gasteiger charge is -2.28. The summed E-state index contributed by atoms with van der Waals surface area (Å²) in [6.07, 6.45) is 4.06. The quantitative estimate of drug-likeness (QED) is 0.376. The molecule has 1 aliphatic rings. The molecule has 0 aromatic heterocycles. The number of ketones is 2. The zero-order chi connectivity index (χ0) is 21.9. The molecule has 0 aliphatic heterocycles. The second-order valence-corrected chi connectivity index (χ2v) is 8.31. The minimum Gasteiger partial charge on any atom is -0.398 e. The molecule has 3 rings (SSSR count). The number of Topliss-reactive ketones (excluding diaryl/α,β-unsaturated/α-hetero) is 2. The monoisotopic (exact) mass is 406 g/mol. The molecule has 30 heavy (non-hydrogen) atoms. The molecule has 0 saturated carbocycles. The molecule has 0 heterocycles. The van der Waals surface area contributed by atoms with E-state index < -0.39 is 17.1 Å². The highest BCUT2D eigenvalue weighted by Crippen LogP contribution is 2.40. The van der Waals surface area contributed by atoms with Gasteiger partial charge in [-0.1, -0.05) is 76.4 Å². The summed E-state index contributed by atoms with van der Waals surface area (Å²) in [4.78, 5) is 39.9. The first kappa shape index (κ1) is 21.8. The SMILES string of the molecule is CCCCCCC(=O)NC1(c2ccc(C(C)C)cc2)C(=O)c2cccc(N)c2C1=O. The van der Waals surface area contributed by atoms with Crippen LogP contribution in [0.3, 0.4) is 0 Å². The maximum atomic E-state index is 13.6. The second-order valence-electron chi connectivity index (χ2n) is 8.31. The van der Waals surface area contributed by atoms with Gasteiger partial charge in [0.1, 0.15) is 0 Å². The summed E-state index contributed by atoms with van der Waals surface area (Å²) < 4.78 is 0. The van der Waals surface area contributed by atoms with Crippen LogP contribution in [0, 0.1) is 0 Å². The summed E-state index contributed by atoms with van der Waals surface area (Å²) in [5.74, 6) is -0.869. The molecule has 1 amide bonds. The zero-order valence-electron chi connectivity index (χ0n) is 18.0. The summed E-state index contributed by atoms with van der Waals surface area (Å²) in [5, 5.41) is 2.81. The van der Waals surface area contributed by atoms with Crippen LogP contribution in [-0.4, -0.2) is 17.5 Å². The van der Waals surface area contributed by atoms with Crippen LogP contribution in [-0.2, 0) is 10.3 Å². The molecule has 0 saturated heterocycles. The van der Waals surface area contributed by atoms with Gasteiger partial charge in [0.25, 0.3) is 0 Å². The van der Waals surface area contributed by atoms with Gasteiger partial charge in [-0.3, -0.25) is 14.4 Å². The third kappa shape index (κ3) is 3.76. The lowest BCUT2D eigenvalue weighted by Crippen LogP contribution is -2.54. The highest BCUT2D eigenvalue weighted by molar-refractivity contribution is 6.35. The number of rotatable bonds is 8. The molecule has 1 atom stereocenters. The zero-order valence-corrected chi connectivity index (χ0v) is 18.0. The van der Waals surface area contributed by atoms with Crippen LogP contribution < -0.4 is 11.1 Å². The standard InChI is InChI=1S/C25H30N2O3/c1-4-5-6-7-11-21(28)27-25(18-14-12-17(13-15-18)16(2)3)23(29)19-9-8-10-20(26)22(19)24(25)30/h8-10,12-16H,4-7,11,26H2,1-3H3,(H,27,28). The lowest BCUT2D eigenvalue weighted by molar-refractivity contribution is -0.122. The molecule has 3 N–H and O–H groups in total. The van der Waals surface area contributed by atoms with Gasteiger partial charge in [-0.25, -0.2) is 0 Å². The number of nitrogens with two attached hydrogens (primary N) is 1. The number of fused-ring (bicyclic) bond motifs is 1. The van der Waals surface area contributed by atoms with Crippen LogP contribution in [0.2, 0.25) is 0 Å². The molecule has 0 spiro atoms. The minimum absolute atomic E-state index is 0.196. The number of hydrogen-bond acceptors (Lipinski definition) is 4. The second kappa shape index (κ2) is 8.82. The summed E-state index contributed by atoms with van der Waals surface area (Å²) in [5.41, 5.74) is 6.57. The molecular weight excluding hydrogens is 376 g/mol. The summed E-state index contributed by atoms with van der Waals surface area (Å²) >= 11 is 0. The van der Waals surface area contributed by atoms with Crippen molar-refractivity contribution in [2.45, 2.75) is 64.3 Å². The van der Waals surface area contributed by atoms with Crippen LogP contribution in [0.15, 0.2) is 42.5 Å². The van der Waals surface area contributed by atoms with Gasteiger partial charge in [-0.15, -0.1) is 0 Å². The summed E-state index contributed by atoms with van der Waals surface area (Å²) in [6, 6.07) is 12.2. The molecule has 1 unspecified atom stereocenters. The van der Waals surface area contributed by atoms with Crippen LogP contribution in [0.4, 0.5) is 5.69 Å². The Kier molecular flexibility index (Phi) is 6.40. The van der Waals surface area contributed by atoms with Gasteiger partial charge in [-0.05, 0) is 29.5 Å². The normalized spacial score (nSPS) is 18.0. The fourth-order valence-corrected chi connectivity index (χ4v) is 4.06. The van der Waals surface area contributed by atoms with Crippen LogP contribution in [0.5, 0.6) is 0 Å². The Morgan fingerprint density at radius 2 is 1.70 bits per heavy atom. The number of nitrogens with one attached hydrogen (secondary N) is 1. The number of carbonyl (C=O) groups is 3. The highest BCUT2D eigenvalue weighted by atomic mass is 16.2. The van der Waals surface area contributed by atoms with E-state index in [-0.39, 0.29) is 29.1 Å².